The number of aromatic nitrogens is 3. The zero-order valence-corrected chi connectivity index (χ0v) is 13.7. The van der Waals surface area contributed by atoms with E-state index in [1.807, 2.05) is 19.1 Å². The lowest BCUT2D eigenvalue weighted by atomic mass is 10.3. The summed E-state index contributed by atoms with van der Waals surface area (Å²) >= 11 is 5.88. The molecule has 1 amide bonds. The Morgan fingerprint density at radius 3 is 3.17 bits per heavy atom. The van der Waals surface area contributed by atoms with Crippen molar-refractivity contribution in [3.05, 3.63) is 40.9 Å². The summed E-state index contributed by atoms with van der Waals surface area (Å²) in [6.07, 6.45) is 2.32. The van der Waals surface area contributed by atoms with Crippen LogP contribution in [0.5, 0.6) is 5.75 Å². The minimum Gasteiger partial charge on any atom is -0.493 e. The Morgan fingerprint density at radius 1 is 1.48 bits per heavy atom. The van der Waals surface area contributed by atoms with Crippen molar-refractivity contribution in [1.29, 1.82) is 0 Å². The highest BCUT2D eigenvalue weighted by atomic mass is 35.5. The van der Waals surface area contributed by atoms with Gasteiger partial charge < -0.3 is 14.6 Å². The number of rotatable bonds is 6. The van der Waals surface area contributed by atoms with Gasteiger partial charge in [0.2, 0.25) is 5.91 Å². The molecule has 0 spiro atoms. The first-order chi connectivity index (χ1) is 11.1. The van der Waals surface area contributed by atoms with Crippen LogP contribution in [-0.2, 0) is 17.8 Å². The number of benzene rings is 1. The van der Waals surface area contributed by atoms with Gasteiger partial charge in [0.25, 0.3) is 0 Å². The molecule has 2 aromatic rings. The Kier molecular flexibility index (Phi) is 4.81. The van der Waals surface area contributed by atoms with E-state index in [0.717, 1.165) is 31.0 Å². The highest BCUT2D eigenvalue weighted by Crippen LogP contribution is 2.19. The van der Waals surface area contributed by atoms with Crippen molar-refractivity contribution >= 4 is 17.5 Å². The van der Waals surface area contributed by atoms with Crippen molar-refractivity contribution in [3.8, 4) is 5.75 Å². The monoisotopic (exact) mass is 334 g/mol. The molecule has 1 N–H and O–H groups in total. The number of halogens is 1. The molecule has 0 unspecified atom stereocenters. The molecule has 6 nitrogen and oxygen atoms in total. The molecule has 0 saturated carbocycles. The van der Waals surface area contributed by atoms with Gasteiger partial charge in [-0.25, -0.2) is 0 Å². The van der Waals surface area contributed by atoms with Gasteiger partial charge in [-0.1, -0.05) is 17.7 Å². The SMILES string of the molecule is C[C@@H](NC(=O)CCOc1cccc(Cl)c1)c1nnc2n1CCC2. The summed E-state index contributed by atoms with van der Waals surface area (Å²) in [6.45, 7) is 3.15. The molecule has 0 aliphatic carbocycles. The van der Waals surface area contributed by atoms with Crippen molar-refractivity contribution < 1.29 is 9.53 Å². The van der Waals surface area contributed by atoms with Gasteiger partial charge in [-0.05, 0) is 31.5 Å². The lowest BCUT2D eigenvalue weighted by Gasteiger charge is -2.14. The molecule has 23 heavy (non-hydrogen) atoms. The number of ether oxygens (including phenoxy) is 1. The summed E-state index contributed by atoms with van der Waals surface area (Å²) in [5, 5.41) is 11.9. The van der Waals surface area contributed by atoms with Gasteiger partial charge >= 0.3 is 0 Å². The van der Waals surface area contributed by atoms with Crippen LogP contribution in [0.25, 0.3) is 0 Å². The van der Waals surface area contributed by atoms with E-state index in [9.17, 15) is 4.79 Å². The van der Waals surface area contributed by atoms with Crippen LogP contribution < -0.4 is 10.1 Å². The topological polar surface area (TPSA) is 69.0 Å². The minimum atomic E-state index is -0.159. The molecule has 1 aliphatic rings. The van der Waals surface area contributed by atoms with Crippen molar-refractivity contribution in [1.82, 2.24) is 20.1 Å². The second-order valence-corrected chi connectivity index (χ2v) is 6.01. The molecule has 0 fully saturated rings. The molecule has 2 heterocycles. The van der Waals surface area contributed by atoms with Crippen LogP contribution in [0.3, 0.4) is 0 Å². The maximum atomic E-state index is 12.0. The van der Waals surface area contributed by atoms with E-state index < -0.39 is 0 Å². The quantitative estimate of drug-likeness (QED) is 0.881. The van der Waals surface area contributed by atoms with Crippen molar-refractivity contribution in [2.45, 2.75) is 38.8 Å². The molecular weight excluding hydrogens is 316 g/mol. The summed E-state index contributed by atoms with van der Waals surface area (Å²) < 4.78 is 7.62. The zero-order chi connectivity index (χ0) is 16.2. The third kappa shape index (κ3) is 3.82. The van der Waals surface area contributed by atoms with Gasteiger partial charge in [-0.3, -0.25) is 4.79 Å². The van der Waals surface area contributed by atoms with Gasteiger partial charge in [0.1, 0.15) is 11.6 Å². The fourth-order valence-electron chi connectivity index (χ4n) is 2.69. The van der Waals surface area contributed by atoms with Gasteiger partial charge in [-0.2, -0.15) is 0 Å². The molecule has 1 aromatic heterocycles. The van der Waals surface area contributed by atoms with E-state index in [2.05, 4.69) is 20.1 Å². The second kappa shape index (κ2) is 7.00. The Labute approximate surface area is 139 Å². The molecule has 3 rings (SSSR count). The van der Waals surface area contributed by atoms with Gasteiger partial charge in [0.15, 0.2) is 5.82 Å². The largest absolute Gasteiger partial charge is 0.493 e. The number of hydrogen-bond donors (Lipinski definition) is 1. The first-order valence-electron chi connectivity index (χ1n) is 7.73. The molecule has 0 radical (unpaired) electrons. The fraction of sp³-hybridized carbons (Fsp3) is 0.438. The van der Waals surface area contributed by atoms with Crippen LogP contribution in [0.4, 0.5) is 0 Å². The number of fused-ring (bicyclic) bond motifs is 1. The normalized spacial score (nSPS) is 14.3. The standard InChI is InChI=1S/C16H19ClN4O2/c1-11(16-20-19-14-6-3-8-21(14)16)18-15(22)7-9-23-13-5-2-4-12(17)10-13/h2,4-5,10-11H,3,6-9H2,1H3,(H,18,22)/t11-/m1/s1. The number of amides is 1. The number of nitrogens with zero attached hydrogens (tertiary/aromatic N) is 3. The number of nitrogens with one attached hydrogen (secondary N) is 1. The lowest BCUT2D eigenvalue weighted by molar-refractivity contribution is -0.122. The summed E-state index contributed by atoms with van der Waals surface area (Å²) in [7, 11) is 0. The lowest BCUT2D eigenvalue weighted by Crippen LogP contribution is -2.29. The minimum absolute atomic E-state index is 0.0742. The van der Waals surface area contributed by atoms with E-state index >= 15 is 0 Å². The Bertz CT molecular complexity index is 701. The van der Waals surface area contributed by atoms with E-state index in [4.69, 9.17) is 16.3 Å². The molecule has 1 aromatic carbocycles. The number of aryl methyl sites for hydroxylation is 1. The third-order valence-corrected chi connectivity index (χ3v) is 4.03. The summed E-state index contributed by atoms with van der Waals surface area (Å²) in [6, 6.07) is 6.96. The number of carbonyl (C=O) groups is 1. The van der Waals surface area contributed by atoms with Crippen LogP contribution in [0.15, 0.2) is 24.3 Å². The smallest absolute Gasteiger partial charge is 0.224 e. The Balaban J connectivity index is 1.47. The van der Waals surface area contributed by atoms with Gasteiger partial charge in [-0.15, -0.1) is 10.2 Å². The van der Waals surface area contributed by atoms with E-state index in [-0.39, 0.29) is 18.4 Å². The van der Waals surface area contributed by atoms with Crippen molar-refractivity contribution in [2.24, 2.45) is 0 Å². The summed E-state index contributed by atoms with van der Waals surface area (Å²) in [5.74, 6) is 2.41. The van der Waals surface area contributed by atoms with Crippen LogP contribution in [0, 0.1) is 0 Å². The van der Waals surface area contributed by atoms with Crippen LogP contribution in [-0.4, -0.2) is 27.3 Å². The fourth-order valence-corrected chi connectivity index (χ4v) is 2.87. The first-order valence-corrected chi connectivity index (χ1v) is 8.11. The average Bonchev–Trinajstić information content (AvgIpc) is 3.09. The van der Waals surface area contributed by atoms with Gasteiger partial charge in [0, 0.05) is 18.0 Å². The molecule has 1 aliphatic heterocycles. The summed E-state index contributed by atoms with van der Waals surface area (Å²) in [5.41, 5.74) is 0. The van der Waals surface area contributed by atoms with Crippen LogP contribution in [0.1, 0.15) is 37.5 Å². The molecule has 0 bridgehead atoms. The number of hydrogen-bond acceptors (Lipinski definition) is 4. The average molecular weight is 335 g/mol. The van der Waals surface area contributed by atoms with Gasteiger partial charge in [0.05, 0.1) is 19.1 Å². The third-order valence-electron chi connectivity index (χ3n) is 3.80. The second-order valence-electron chi connectivity index (χ2n) is 5.57. The first kappa shape index (κ1) is 15.8. The molecule has 122 valence electrons. The Hall–Kier alpha value is -2.08. The predicted molar refractivity (Wildman–Crippen MR) is 86.5 cm³/mol. The molecule has 1 atom stereocenters. The van der Waals surface area contributed by atoms with E-state index in [1.54, 1.807) is 12.1 Å². The molecule has 7 heteroatoms. The maximum Gasteiger partial charge on any atom is 0.224 e. The Morgan fingerprint density at radius 2 is 2.35 bits per heavy atom. The molecule has 0 saturated heterocycles. The summed E-state index contributed by atoms with van der Waals surface area (Å²) in [4.78, 5) is 12.0. The van der Waals surface area contributed by atoms with E-state index in [0.29, 0.717) is 17.4 Å². The molecular formula is C16H19ClN4O2. The number of carbonyl (C=O) groups excluding carboxylic acids is 1. The highest BCUT2D eigenvalue weighted by molar-refractivity contribution is 6.30. The van der Waals surface area contributed by atoms with E-state index in [1.165, 1.54) is 0 Å². The van der Waals surface area contributed by atoms with Crippen molar-refractivity contribution in [2.75, 3.05) is 6.61 Å². The predicted octanol–water partition coefficient (Wildman–Crippen LogP) is 2.52. The zero-order valence-electron chi connectivity index (χ0n) is 13.0. The highest BCUT2D eigenvalue weighted by Gasteiger charge is 2.22. The van der Waals surface area contributed by atoms with Crippen LogP contribution >= 0.6 is 11.6 Å². The van der Waals surface area contributed by atoms with Crippen molar-refractivity contribution in [3.63, 3.8) is 0 Å². The maximum absolute atomic E-state index is 12.0. The van der Waals surface area contributed by atoms with Crippen LogP contribution in [0.2, 0.25) is 5.02 Å².